The van der Waals surface area contributed by atoms with Gasteiger partial charge in [0.05, 0.1) is 11.7 Å². The Bertz CT molecular complexity index is 389. The van der Waals surface area contributed by atoms with E-state index < -0.39 is 0 Å². The Morgan fingerprint density at radius 2 is 2.33 bits per heavy atom. The highest BCUT2D eigenvalue weighted by Crippen LogP contribution is 2.15. The number of pyridine rings is 1. The summed E-state index contributed by atoms with van der Waals surface area (Å²) in [5, 5.41) is 4.18. The van der Waals surface area contributed by atoms with Crippen LogP contribution in [0.15, 0.2) is 30.6 Å². The van der Waals surface area contributed by atoms with Gasteiger partial charge in [0.2, 0.25) is 0 Å². The van der Waals surface area contributed by atoms with Crippen LogP contribution >= 0.6 is 0 Å². The Morgan fingerprint density at radius 1 is 1.50 bits per heavy atom. The molecule has 0 aliphatic heterocycles. The molecule has 1 atom stereocenters. The van der Waals surface area contributed by atoms with Crippen molar-refractivity contribution in [3.63, 3.8) is 0 Å². The molecule has 0 amide bonds. The number of nitrogens with zero attached hydrogens (tertiary/aromatic N) is 2. The van der Waals surface area contributed by atoms with Gasteiger partial charge in [-0.05, 0) is 19.1 Å². The lowest BCUT2D eigenvalue weighted by Crippen LogP contribution is -2.03. The van der Waals surface area contributed by atoms with Gasteiger partial charge in [-0.15, -0.1) is 0 Å². The van der Waals surface area contributed by atoms with Gasteiger partial charge in [0.25, 0.3) is 0 Å². The first-order valence-corrected chi connectivity index (χ1v) is 3.97. The van der Waals surface area contributed by atoms with Crippen LogP contribution in [-0.2, 0) is 0 Å². The molecule has 2 aromatic heterocycles. The zero-order chi connectivity index (χ0) is 8.55. The van der Waals surface area contributed by atoms with Gasteiger partial charge in [-0.3, -0.25) is 0 Å². The highest BCUT2D eigenvalue weighted by atomic mass is 15.2. The first kappa shape index (κ1) is 7.31. The number of nitrogens with two attached hydrogens (primary N) is 1. The highest BCUT2D eigenvalue weighted by Gasteiger charge is 2.05. The molecule has 3 nitrogen and oxygen atoms in total. The minimum absolute atomic E-state index is 0.0462. The van der Waals surface area contributed by atoms with Crippen LogP contribution in [0.5, 0.6) is 0 Å². The predicted molar refractivity (Wildman–Crippen MR) is 47.8 cm³/mol. The van der Waals surface area contributed by atoms with E-state index in [-0.39, 0.29) is 6.04 Å². The summed E-state index contributed by atoms with van der Waals surface area (Å²) in [5.41, 5.74) is 7.95. The Kier molecular flexibility index (Phi) is 1.59. The zero-order valence-corrected chi connectivity index (χ0v) is 6.94. The average molecular weight is 161 g/mol. The van der Waals surface area contributed by atoms with E-state index in [1.165, 1.54) is 0 Å². The van der Waals surface area contributed by atoms with Gasteiger partial charge in [-0.25, -0.2) is 4.52 Å². The second-order valence-corrected chi connectivity index (χ2v) is 2.92. The van der Waals surface area contributed by atoms with Crippen LogP contribution in [0.3, 0.4) is 0 Å². The second-order valence-electron chi connectivity index (χ2n) is 2.92. The fraction of sp³-hybridized carbons (Fsp3) is 0.222. The van der Waals surface area contributed by atoms with Crippen molar-refractivity contribution in [1.29, 1.82) is 0 Å². The van der Waals surface area contributed by atoms with Crippen molar-refractivity contribution in [3.8, 4) is 0 Å². The van der Waals surface area contributed by atoms with Crippen molar-refractivity contribution in [2.45, 2.75) is 13.0 Å². The molecule has 0 spiro atoms. The Morgan fingerprint density at radius 3 is 3.08 bits per heavy atom. The number of rotatable bonds is 1. The zero-order valence-electron chi connectivity index (χ0n) is 6.94. The summed E-state index contributed by atoms with van der Waals surface area (Å²) in [6, 6.07) is 6.00. The van der Waals surface area contributed by atoms with E-state index >= 15 is 0 Å². The molecule has 2 N–H and O–H groups in total. The van der Waals surface area contributed by atoms with Crippen molar-refractivity contribution < 1.29 is 0 Å². The lowest BCUT2D eigenvalue weighted by molar-refractivity contribution is 0.826. The second kappa shape index (κ2) is 2.60. The van der Waals surface area contributed by atoms with Gasteiger partial charge in [-0.2, -0.15) is 5.10 Å². The molecule has 3 heteroatoms. The molecular formula is C9H11N3. The highest BCUT2D eigenvalue weighted by molar-refractivity contribution is 5.54. The van der Waals surface area contributed by atoms with Crippen molar-refractivity contribution in [1.82, 2.24) is 9.61 Å². The first-order chi connectivity index (χ1) is 5.79. The van der Waals surface area contributed by atoms with E-state index in [0.29, 0.717) is 0 Å². The van der Waals surface area contributed by atoms with Gasteiger partial charge in [-0.1, -0.05) is 6.07 Å². The van der Waals surface area contributed by atoms with Crippen molar-refractivity contribution in [2.75, 3.05) is 0 Å². The number of fused-ring (bicyclic) bond motifs is 1. The van der Waals surface area contributed by atoms with Gasteiger partial charge >= 0.3 is 0 Å². The molecule has 2 rings (SSSR count). The molecule has 62 valence electrons. The minimum atomic E-state index is 0.0462. The maximum absolute atomic E-state index is 5.77. The molecule has 0 fully saturated rings. The largest absolute Gasteiger partial charge is 0.324 e. The predicted octanol–water partition coefficient (Wildman–Crippen LogP) is 1.35. The van der Waals surface area contributed by atoms with Crippen LogP contribution in [0.1, 0.15) is 18.5 Å². The third kappa shape index (κ3) is 0.987. The summed E-state index contributed by atoms with van der Waals surface area (Å²) in [6.45, 7) is 1.96. The normalized spacial score (nSPS) is 13.5. The van der Waals surface area contributed by atoms with Crippen LogP contribution in [0, 0.1) is 0 Å². The number of hydrogen-bond donors (Lipinski definition) is 1. The maximum atomic E-state index is 5.77. The van der Waals surface area contributed by atoms with E-state index in [2.05, 4.69) is 5.10 Å². The summed E-state index contributed by atoms with van der Waals surface area (Å²) >= 11 is 0. The molecule has 0 aliphatic rings. The monoisotopic (exact) mass is 161 g/mol. The maximum Gasteiger partial charge on any atom is 0.0709 e. The van der Waals surface area contributed by atoms with Gasteiger partial charge < -0.3 is 5.73 Å². The fourth-order valence-electron chi connectivity index (χ4n) is 1.31. The summed E-state index contributed by atoms with van der Waals surface area (Å²) < 4.78 is 1.83. The molecule has 2 heterocycles. The molecule has 0 saturated carbocycles. The molecule has 2 aromatic rings. The van der Waals surface area contributed by atoms with Crippen LogP contribution < -0.4 is 5.73 Å². The van der Waals surface area contributed by atoms with Crippen LogP contribution in [-0.4, -0.2) is 9.61 Å². The fourth-order valence-corrected chi connectivity index (χ4v) is 1.31. The van der Waals surface area contributed by atoms with E-state index in [1.54, 1.807) is 0 Å². The molecule has 0 aromatic carbocycles. The van der Waals surface area contributed by atoms with Crippen molar-refractivity contribution in [3.05, 3.63) is 36.2 Å². The molecule has 0 unspecified atom stereocenters. The molecule has 0 bridgehead atoms. The average Bonchev–Trinajstić information content (AvgIpc) is 2.47. The van der Waals surface area contributed by atoms with E-state index in [0.717, 1.165) is 11.1 Å². The number of aromatic nitrogens is 2. The summed E-state index contributed by atoms with van der Waals surface area (Å²) in [6.07, 6.45) is 3.74. The van der Waals surface area contributed by atoms with E-state index in [9.17, 15) is 0 Å². The Balaban J connectivity index is 2.70. The lowest BCUT2D eigenvalue weighted by atomic mass is 10.1. The molecule has 12 heavy (non-hydrogen) atoms. The smallest absolute Gasteiger partial charge is 0.0709 e. The lowest BCUT2D eigenvalue weighted by Gasteiger charge is -2.00. The third-order valence-corrected chi connectivity index (χ3v) is 1.95. The van der Waals surface area contributed by atoms with E-state index in [1.807, 2.05) is 42.0 Å². The van der Waals surface area contributed by atoms with Gasteiger partial charge in [0.1, 0.15) is 0 Å². The summed E-state index contributed by atoms with van der Waals surface area (Å²) in [5.74, 6) is 0. The third-order valence-electron chi connectivity index (χ3n) is 1.95. The summed E-state index contributed by atoms with van der Waals surface area (Å²) in [7, 11) is 0. The molecular weight excluding hydrogens is 150 g/mol. The SMILES string of the molecule is C[C@H](N)c1cnn2ccccc12. The van der Waals surface area contributed by atoms with Crippen LogP contribution in [0.4, 0.5) is 0 Å². The standard InChI is InChI=1S/C9H11N3/c1-7(10)8-6-11-12-5-3-2-4-9(8)12/h2-7H,10H2,1H3/t7-/m0/s1. The molecule has 0 aliphatic carbocycles. The number of hydrogen-bond acceptors (Lipinski definition) is 2. The van der Waals surface area contributed by atoms with Crippen LogP contribution in [0.2, 0.25) is 0 Å². The molecule has 0 radical (unpaired) electrons. The first-order valence-electron chi connectivity index (χ1n) is 3.97. The Hall–Kier alpha value is -1.35. The quantitative estimate of drug-likeness (QED) is 0.686. The Labute approximate surface area is 70.8 Å². The minimum Gasteiger partial charge on any atom is -0.324 e. The van der Waals surface area contributed by atoms with Crippen molar-refractivity contribution in [2.24, 2.45) is 5.73 Å². The van der Waals surface area contributed by atoms with E-state index in [4.69, 9.17) is 5.73 Å². The summed E-state index contributed by atoms with van der Waals surface area (Å²) in [4.78, 5) is 0. The molecule has 0 saturated heterocycles. The topological polar surface area (TPSA) is 43.3 Å². The van der Waals surface area contributed by atoms with Gasteiger partial charge in [0, 0.05) is 17.8 Å². The van der Waals surface area contributed by atoms with Crippen molar-refractivity contribution >= 4 is 5.52 Å². The van der Waals surface area contributed by atoms with Gasteiger partial charge in [0.15, 0.2) is 0 Å². The van der Waals surface area contributed by atoms with Crippen LogP contribution in [0.25, 0.3) is 5.52 Å².